The number of nitrogens with one attached hydrogen (secondary N) is 1. The zero-order valence-electron chi connectivity index (χ0n) is 24.6. The van der Waals surface area contributed by atoms with E-state index in [0.29, 0.717) is 17.9 Å². The molecule has 0 bridgehead atoms. The molecule has 1 atom stereocenters. The van der Waals surface area contributed by atoms with E-state index < -0.39 is 0 Å². The SMILES string of the molecule is Cc1cc(C(=O)N2CCC(c3cn([C@H]4CC[C@H](O)CC4)c4nc(N[C@@H]5CCc6ccccc65)ncc34)CC2)cc(C)n1. The maximum Gasteiger partial charge on any atom is 0.253 e. The number of fused-ring (bicyclic) bond motifs is 2. The molecule has 8 nitrogen and oxygen atoms in total. The van der Waals surface area contributed by atoms with Crippen LogP contribution in [-0.2, 0) is 6.42 Å². The third kappa shape index (κ3) is 5.17. The van der Waals surface area contributed by atoms with Crippen LogP contribution in [-0.4, -0.2) is 54.6 Å². The average molecular weight is 565 g/mol. The van der Waals surface area contributed by atoms with Gasteiger partial charge in [0.15, 0.2) is 0 Å². The number of aromatic nitrogens is 4. The molecule has 218 valence electrons. The van der Waals surface area contributed by atoms with Crippen molar-refractivity contribution in [3.05, 3.63) is 82.4 Å². The van der Waals surface area contributed by atoms with Crippen LogP contribution in [0.3, 0.4) is 0 Å². The van der Waals surface area contributed by atoms with E-state index in [9.17, 15) is 9.90 Å². The molecule has 3 aromatic heterocycles. The van der Waals surface area contributed by atoms with E-state index in [4.69, 9.17) is 9.97 Å². The van der Waals surface area contributed by atoms with Crippen molar-refractivity contribution in [1.29, 1.82) is 0 Å². The van der Waals surface area contributed by atoms with Crippen molar-refractivity contribution < 1.29 is 9.90 Å². The second-order valence-corrected chi connectivity index (χ2v) is 12.5. The molecular weight excluding hydrogens is 524 g/mol. The number of hydrogen-bond donors (Lipinski definition) is 2. The smallest absolute Gasteiger partial charge is 0.253 e. The van der Waals surface area contributed by atoms with E-state index in [1.807, 2.05) is 37.1 Å². The maximum absolute atomic E-state index is 13.3. The van der Waals surface area contributed by atoms with Crippen LogP contribution >= 0.6 is 0 Å². The highest BCUT2D eigenvalue weighted by Gasteiger charge is 2.30. The van der Waals surface area contributed by atoms with Gasteiger partial charge < -0.3 is 19.9 Å². The summed E-state index contributed by atoms with van der Waals surface area (Å²) in [6.45, 7) is 5.34. The van der Waals surface area contributed by atoms with Gasteiger partial charge in [-0.05, 0) is 100.0 Å². The number of piperidine rings is 1. The minimum atomic E-state index is -0.202. The number of nitrogens with zero attached hydrogens (tertiary/aromatic N) is 5. The van der Waals surface area contributed by atoms with Crippen molar-refractivity contribution in [3.8, 4) is 0 Å². The van der Waals surface area contributed by atoms with Crippen LogP contribution in [0, 0.1) is 13.8 Å². The van der Waals surface area contributed by atoms with Gasteiger partial charge in [0.25, 0.3) is 5.91 Å². The summed E-state index contributed by atoms with van der Waals surface area (Å²) in [6, 6.07) is 13.0. The lowest BCUT2D eigenvalue weighted by Crippen LogP contribution is -2.38. The van der Waals surface area contributed by atoms with E-state index in [1.165, 1.54) is 16.7 Å². The van der Waals surface area contributed by atoms with Crippen molar-refractivity contribution >= 4 is 22.9 Å². The number of likely N-dealkylation sites (tertiary alicyclic amines) is 1. The summed E-state index contributed by atoms with van der Waals surface area (Å²) >= 11 is 0. The molecule has 1 aromatic carbocycles. The van der Waals surface area contributed by atoms with Gasteiger partial charge in [0, 0.05) is 53.9 Å². The lowest BCUT2D eigenvalue weighted by atomic mass is 9.89. The Morgan fingerprint density at radius 3 is 2.43 bits per heavy atom. The molecular formula is C34H40N6O2. The summed E-state index contributed by atoms with van der Waals surface area (Å²) in [7, 11) is 0. The highest BCUT2D eigenvalue weighted by Crippen LogP contribution is 2.39. The van der Waals surface area contributed by atoms with E-state index in [-0.39, 0.29) is 18.1 Å². The van der Waals surface area contributed by atoms with Crippen LogP contribution in [0.5, 0.6) is 0 Å². The van der Waals surface area contributed by atoms with Crippen molar-refractivity contribution in [2.24, 2.45) is 0 Å². The van der Waals surface area contributed by atoms with Crippen molar-refractivity contribution in [3.63, 3.8) is 0 Å². The molecule has 2 N–H and O–H groups in total. The third-order valence-corrected chi connectivity index (χ3v) is 9.65. The van der Waals surface area contributed by atoms with Gasteiger partial charge in [-0.2, -0.15) is 4.98 Å². The Balaban J connectivity index is 1.15. The molecule has 1 saturated heterocycles. The Kier molecular flexibility index (Phi) is 7.18. The normalized spacial score (nSPS) is 22.8. The van der Waals surface area contributed by atoms with Gasteiger partial charge in [-0.15, -0.1) is 0 Å². The molecule has 0 spiro atoms. The standard InChI is InChI=1S/C34H40N6O2/c1-21-17-25(18-22(2)36-21)33(42)39-15-13-24(14-16-39)30-20-40(26-8-10-27(41)11-9-26)32-29(30)19-35-34(38-32)37-31-12-7-23-5-3-4-6-28(23)31/h3-6,17-20,24,26-27,31,41H,7-16H2,1-2H3,(H,35,37,38)/t26-,27-,31-/m1/s1. The summed E-state index contributed by atoms with van der Waals surface area (Å²) in [6.07, 6.45) is 11.6. The predicted molar refractivity (Wildman–Crippen MR) is 164 cm³/mol. The third-order valence-electron chi connectivity index (χ3n) is 9.65. The first-order valence-electron chi connectivity index (χ1n) is 15.6. The van der Waals surface area contributed by atoms with Crippen LogP contribution < -0.4 is 5.32 Å². The summed E-state index contributed by atoms with van der Waals surface area (Å²) in [4.78, 5) is 29.7. The van der Waals surface area contributed by atoms with Gasteiger partial charge in [0.1, 0.15) is 5.65 Å². The minimum Gasteiger partial charge on any atom is -0.393 e. The lowest BCUT2D eigenvalue weighted by molar-refractivity contribution is 0.0712. The number of aliphatic hydroxyl groups is 1. The second-order valence-electron chi connectivity index (χ2n) is 12.5. The van der Waals surface area contributed by atoms with Gasteiger partial charge in [0.05, 0.1) is 12.1 Å². The summed E-state index contributed by atoms with van der Waals surface area (Å²) in [5, 5.41) is 14.9. The van der Waals surface area contributed by atoms with Crippen LogP contribution in [0.4, 0.5) is 5.95 Å². The minimum absolute atomic E-state index is 0.0952. The molecule has 0 radical (unpaired) electrons. The van der Waals surface area contributed by atoms with Gasteiger partial charge in [-0.3, -0.25) is 9.78 Å². The number of benzene rings is 1. The van der Waals surface area contributed by atoms with E-state index >= 15 is 0 Å². The number of rotatable bonds is 5. The number of aliphatic hydroxyl groups excluding tert-OH is 1. The van der Waals surface area contributed by atoms with Crippen LogP contribution in [0.15, 0.2) is 48.8 Å². The van der Waals surface area contributed by atoms with E-state index in [0.717, 1.165) is 92.4 Å². The molecule has 2 fully saturated rings. The molecule has 3 aliphatic rings. The van der Waals surface area contributed by atoms with Gasteiger partial charge >= 0.3 is 0 Å². The summed E-state index contributed by atoms with van der Waals surface area (Å²) in [5.41, 5.74) is 7.50. The van der Waals surface area contributed by atoms with Crippen molar-refractivity contribution in [2.75, 3.05) is 18.4 Å². The summed E-state index contributed by atoms with van der Waals surface area (Å²) in [5.74, 6) is 1.11. The van der Waals surface area contributed by atoms with Crippen molar-refractivity contribution in [2.45, 2.75) is 89.3 Å². The van der Waals surface area contributed by atoms with Gasteiger partial charge in [0.2, 0.25) is 5.95 Å². The Labute approximate surface area is 247 Å². The van der Waals surface area contributed by atoms with E-state index in [1.54, 1.807) is 0 Å². The topological polar surface area (TPSA) is 96.2 Å². The molecule has 4 aromatic rings. The molecule has 2 aliphatic carbocycles. The molecule has 0 unspecified atom stereocenters. The molecule has 7 rings (SSSR count). The molecule has 1 aliphatic heterocycles. The summed E-state index contributed by atoms with van der Waals surface area (Å²) < 4.78 is 2.37. The Hall–Kier alpha value is -3.78. The lowest BCUT2D eigenvalue weighted by Gasteiger charge is -2.32. The van der Waals surface area contributed by atoms with Crippen molar-refractivity contribution in [1.82, 2.24) is 24.4 Å². The fraction of sp³-hybridized carbons (Fsp3) is 0.471. The molecule has 42 heavy (non-hydrogen) atoms. The highest BCUT2D eigenvalue weighted by molar-refractivity contribution is 5.94. The largest absolute Gasteiger partial charge is 0.393 e. The Bertz CT molecular complexity index is 1590. The number of anilines is 1. The number of amides is 1. The predicted octanol–water partition coefficient (Wildman–Crippen LogP) is 6.04. The maximum atomic E-state index is 13.3. The number of carbonyl (C=O) groups excluding carboxylic acids is 1. The monoisotopic (exact) mass is 564 g/mol. The first-order chi connectivity index (χ1) is 20.4. The Morgan fingerprint density at radius 1 is 0.929 bits per heavy atom. The second kappa shape index (κ2) is 11.1. The number of carbonyl (C=O) groups is 1. The molecule has 1 saturated carbocycles. The molecule has 8 heteroatoms. The van der Waals surface area contributed by atoms with Crippen LogP contribution in [0.2, 0.25) is 0 Å². The fourth-order valence-electron chi connectivity index (χ4n) is 7.46. The Morgan fingerprint density at radius 2 is 1.67 bits per heavy atom. The molecule has 1 amide bonds. The van der Waals surface area contributed by atoms with Gasteiger partial charge in [-0.1, -0.05) is 24.3 Å². The number of hydrogen-bond acceptors (Lipinski definition) is 6. The zero-order chi connectivity index (χ0) is 28.8. The van der Waals surface area contributed by atoms with E-state index in [2.05, 4.69) is 45.3 Å². The van der Waals surface area contributed by atoms with Crippen LogP contribution in [0.1, 0.15) is 101 Å². The zero-order valence-corrected chi connectivity index (χ0v) is 24.6. The quantitative estimate of drug-likeness (QED) is 0.307. The van der Waals surface area contributed by atoms with Gasteiger partial charge in [-0.25, -0.2) is 4.98 Å². The fourth-order valence-corrected chi connectivity index (χ4v) is 7.46. The molecule has 4 heterocycles. The number of aryl methyl sites for hydroxylation is 3. The number of pyridine rings is 1. The first kappa shape index (κ1) is 27.1. The average Bonchev–Trinajstić information content (AvgIpc) is 3.58. The first-order valence-corrected chi connectivity index (χ1v) is 15.6. The van der Waals surface area contributed by atoms with Crippen LogP contribution in [0.25, 0.3) is 11.0 Å². The highest BCUT2D eigenvalue weighted by atomic mass is 16.3.